The molecule has 1 aromatic heterocycles. The summed E-state index contributed by atoms with van der Waals surface area (Å²) in [6, 6.07) is 0. The van der Waals surface area contributed by atoms with Crippen molar-refractivity contribution in [2.75, 3.05) is 26.8 Å². The van der Waals surface area contributed by atoms with Crippen LogP contribution in [0.4, 0.5) is 0 Å². The second-order valence-electron chi connectivity index (χ2n) is 5.07. The van der Waals surface area contributed by atoms with Crippen LogP contribution in [-0.4, -0.2) is 47.8 Å². The van der Waals surface area contributed by atoms with Crippen LogP contribution in [0.3, 0.4) is 0 Å². The average molecular weight is 266 g/mol. The predicted molar refractivity (Wildman–Crippen MR) is 71.7 cm³/mol. The summed E-state index contributed by atoms with van der Waals surface area (Å²) < 4.78 is 7.16. The highest BCUT2D eigenvalue weighted by molar-refractivity contribution is 5.75. The molecule has 0 bridgehead atoms. The molecule has 0 saturated carbocycles. The van der Waals surface area contributed by atoms with Gasteiger partial charge in [0.15, 0.2) is 0 Å². The lowest BCUT2D eigenvalue weighted by atomic mass is 9.98. The Morgan fingerprint density at radius 1 is 1.63 bits per heavy atom. The Morgan fingerprint density at radius 2 is 2.53 bits per heavy atom. The molecule has 1 saturated heterocycles. The number of hydrogen-bond donors (Lipinski definition) is 2. The fraction of sp³-hybridized carbons (Fsp3) is 0.692. The first-order valence-corrected chi connectivity index (χ1v) is 6.70. The van der Waals surface area contributed by atoms with Gasteiger partial charge in [0.2, 0.25) is 5.91 Å². The van der Waals surface area contributed by atoms with E-state index < -0.39 is 0 Å². The number of aromatic nitrogens is 2. The molecular formula is C13H22N4O2. The zero-order valence-electron chi connectivity index (χ0n) is 11.4. The lowest BCUT2D eigenvalue weighted by Crippen LogP contribution is -2.53. The number of nitrogens with one attached hydrogen (secondary N) is 2. The van der Waals surface area contributed by atoms with Gasteiger partial charge in [-0.05, 0) is 19.4 Å². The quantitative estimate of drug-likeness (QED) is 0.737. The van der Waals surface area contributed by atoms with Crippen molar-refractivity contribution in [3.63, 3.8) is 0 Å². The number of carbonyl (C=O) groups is 1. The standard InChI is InChI=1S/C13H22N4O2/c1-19-10-13(4-2-5-16-13)9-15-12(18)3-7-17-8-6-14-11-17/h6,8,11,16H,2-5,7,9-10H2,1H3,(H,15,18). The molecule has 106 valence electrons. The average Bonchev–Trinajstić information content (AvgIpc) is 3.06. The molecule has 2 N–H and O–H groups in total. The summed E-state index contributed by atoms with van der Waals surface area (Å²) in [6.07, 6.45) is 7.95. The van der Waals surface area contributed by atoms with Gasteiger partial charge in [-0.15, -0.1) is 0 Å². The van der Waals surface area contributed by atoms with Gasteiger partial charge in [-0.25, -0.2) is 4.98 Å². The maximum atomic E-state index is 11.8. The number of rotatable bonds is 7. The van der Waals surface area contributed by atoms with Gasteiger partial charge >= 0.3 is 0 Å². The van der Waals surface area contributed by atoms with Gasteiger partial charge in [0.25, 0.3) is 0 Å². The first-order chi connectivity index (χ1) is 9.24. The van der Waals surface area contributed by atoms with Crippen molar-refractivity contribution in [3.8, 4) is 0 Å². The fourth-order valence-electron chi connectivity index (χ4n) is 2.48. The van der Waals surface area contributed by atoms with E-state index in [9.17, 15) is 4.79 Å². The highest BCUT2D eigenvalue weighted by Gasteiger charge is 2.33. The molecule has 1 unspecified atom stereocenters. The van der Waals surface area contributed by atoms with E-state index in [1.54, 1.807) is 19.6 Å². The van der Waals surface area contributed by atoms with E-state index in [4.69, 9.17) is 4.74 Å². The van der Waals surface area contributed by atoms with Crippen LogP contribution in [0.1, 0.15) is 19.3 Å². The van der Waals surface area contributed by atoms with Gasteiger partial charge in [-0.2, -0.15) is 0 Å². The number of carbonyl (C=O) groups excluding carboxylic acids is 1. The van der Waals surface area contributed by atoms with Gasteiger partial charge in [0, 0.05) is 39.0 Å². The fourth-order valence-corrected chi connectivity index (χ4v) is 2.48. The molecule has 2 heterocycles. The summed E-state index contributed by atoms with van der Waals surface area (Å²) in [6.45, 7) is 2.92. The molecule has 0 radical (unpaired) electrons. The largest absolute Gasteiger partial charge is 0.383 e. The van der Waals surface area contributed by atoms with Crippen LogP contribution in [0.2, 0.25) is 0 Å². The Balaban J connectivity index is 1.72. The maximum absolute atomic E-state index is 11.8. The van der Waals surface area contributed by atoms with E-state index >= 15 is 0 Å². The summed E-state index contributed by atoms with van der Waals surface area (Å²) in [4.78, 5) is 15.8. The van der Waals surface area contributed by atoms with E-state index in [-0.39, 0.29) is 11.4 Å². The monoisotopic (exact) mass is 266 g/mol. The van der Waals surface area contributed by atoms with Crippen molar-refractivity contribution in [2.24, 2.45) is 0 Å². The smallest absolute Gasteiger partial charge is 0.221 e. The van der Waals surface area contributed by atoms with Crippen LogP contribution in [-0.2, 0) is 16.1 Å². The SMILES string of the molecule is COCC1(CNC(=O)CCn2ccnc2)CCCN1. The van der Waals surface area contributed by atoms with Gasteiger partial charge in [0.1, 0.15) is 0 Å². The van der Waals surface area contributed by atoms with Crippen molar-refractivity contribution in [1.29, 1.82) is 0 Å². The number of aryl methyl sites for hydroxylation is 1. The van der Waals surface area contributed by atoms with Crippen LogP contribution in [0, 0.1) is 0 Å². The molecule has 6 heteroatoms. The van der Waals surface area contributed by atoms with Crippen LogP contribution in [0.5, 0.6) is 0 Å². The minimum atomic E-state index is -0.0839. The highest BCUT2D eigenvalue weighted by atomic mass is 16.5. The highest BCUT2D eigenvalue weighted by Crippen LogP contribution is 2.18. The van der Waals surface area contributed by atoms with E-state index in [1.165, 1.54) is 0 Å². The number of hydrogen-bond acceptors (Lipinski definition) is 4. The van der Waals surface area contributed by atoms with Crippen molar-refractivity contribution in [1.82, 2.24) is 20.2 Å². The lowest BCUT2D eigenvalue weighted by molar-refractivity contribution is -0.121. The van der Waals surface area contributed by atoms with E-state index in [1.807, 2.05) is 10.8 Å². The molecule has 1 aliphatic heterocycles. The predicted octanol–water partition coefficient (Wildman–Crippen LogP) is 0.158. The molecular weight excluding hydrogens is 244 g/mol. The Morgan fingerprint density at radius 3 is 3.16 bits per heavy atom. The molecule has 1 fully saturated rings. The van der Waals surface area contributed by atoms with Crippen molar-refractivity contribution >= 4 is 5.91 Å². The van der Waals surface area contributed by atoms with Gasteiger partial charge < -0.3 is 19.9 Å². The third-order valence-electron chi connectivity index (χ3n) is 3.53. The van der Waals surface area contributed by atoms with Gasteiger partial charge in [-0.1, -0.05) is 0 Å². The normalized spacial score (nSPS) is 22.6. The lowest BCUT2D eigenvalue weighted by Gasteiger charge is -2.29. The zero-order valence-corrected chi connectivity index (χ0v) is 11.4. The Labute approximate surface area is 113 Å². The van der Waals surface area contributed by atoms with Crippen LogP contribution < -0.4 is 10.6 Å². The minimum Gasteiger partial charge on any atom is -0.383 e. The Hall–Kier alpha value is -1.40. The van der Waals surface area contributed by atoms with E-state index in [0.29, 0.717) is 26.1 Å². The number of imidazole rings is 1. The Bertz CT molecular complexity index is 385. The molecule has 1 aromatic rings. The second-order valence-corrected chi connectivity index (χ2v) is 5.07. The summed E-state index contributed by atoms with van der Waals surface area (Å²) in [5, 5.41) is 6.44. The third-order valence-corrected chi connectivity index (χ3v) is 3.53. The number of nitrogens with zero attached hydrogens (tertiary/aromatic N) is 2. The topological polar surface area (TPSA) is 68.2 Å². The maximum Gasteiger partial charge on any atom is 0.221 e. The van der Waals surface area contributed by atoms with Crippen molar-refractivity contribution in [2.45, 2.75) is 31.3 Å². The number of methoxy groups -OCH3 is 1. The number of amides is 1. The third kappa shape index (κ3) is 4.04. The molecule has 19 heavy (non-hydrogen) atoms. The van der Waals surface area contributed by atoms with E-state index in [2.05, 4.69) is 15.6 Å². The summed E-state index contributed by atoms with van der Waals surface area (Å²) in [5.41, 5.74) is -0.0839. The molecule has 1 amide bonds. The van der Waals surface area contributed by atoms with Crippen molar-refractivity contribution < 1.29 is 9.53 Å². The first kappa shape index (κ1) is 14.0. The van der Waals surface area contributed by atoms with Crippen LogP contribution >= 0.6 is 0 Å². The second kappa shape index (κ2) is 6.68. The van der Waals surface area contributed by atoms with Crippen LogP contribution in [0.25, 0.3) is 0 Å². The molecule has 0 aromatic carbocycles. The minimum absolute atomic E-state index is 0.0675. The number of ether oxygens (including phenoxy) is 1. The molecule has 6 nitrogen and oxygen atoms in total. The molecule has 2 rings (SSSR count). The molecule has 1 aliphatic rings. The summed E-state index contributed by atoms with van der Waals surface area (Å²) in [7, 11) is 1.70. The first-order valence-electron chi connectivity index (χ1n) is 6.70. The summed E-state index contributed by atoms with van der Waals surface area (Å²) in [5.74, 6) is 0.0675. The van der Waals surface area contributed by atoms with Gasteiger partial charge in [-0.3, -0.25) is 4.79 Å². The molecule has 1 atom stereocenters. The van der Waals surface area contributed by atoms with Gasteiger partial charge in [0.05, 0.1) is 18.5 Å². The van der Waals surface area contributed by atoms with Crippen LogP contribution in [0.15, 0.2) is 18.7 Å². The molecule has 0 spiro atoms. The van der Waals surface area contributed by atoms with E-state index in [0.717, 1.165) is 19.4 Å². The Kier molecular flexibility index (Phi) is 4.93. The zero-order chi connectivity index (χ0) is 13.6. The summed E-state index contributed by atoms with van der Waals surface area (Å²) >= 11 is 0. The van der Waals surface area contributed by atoms with Crippen molar-refractivity contribution in [3.05, 3.63) is 18.7 Å². The molecule has 0 aliphatic carbocycles.